The summed E-state index contributed by atoms with van der Waals surface area (Å²) in [5.74, 6) is 0.547. The van der Waals surface area contributed by atoms with Crippen molar-refractivity contribution in [2.75, 3.05) is 12.8 Å². The summed E-state index contributed by atoms with van der Waals surface area (Å²) < 4.78 is 0. The molecule has 0 aromatic carbocycles. The van der Waals surface area contributed by atoms with Crippen LogP contribution in [0.25, 0.3) is 10.2 Å². The van der Waals surface area contributed by atoms with Gasteiger partial charge in [-0.2, -0.15) is 0 Å². The molecule has 3 aromatic heterocycles. The standard InChI is InChI=1S/C17H17N3OS3/c1-20(8-11-4-3-7-22-11)14(21)9-23-16-15-12-5-2-6-13(12)24-17(15)19-10-18-16/h3-4,7,10H,2,5-6,8-9H2,1H3. The van der Waals surface area contributed by atoms with Gasteiger partial charge in [0.05, 0.1) is 12.3 Å². The zero-order valence-corrected chi connectivity index (χ0v) is 15.8. The Bertz CT molecular complexity index is 873. The van der Waals surface area contributed by atoms with Crippen molar-refractivity contribution in [1.82, 2.24) is 14.9 Å². The first-order chi connectivity index (χ1) is 11.7. The number of thiophene rings is 2. The fourth-order valence-electron chi connectivity index (χ4n) is 2.97. The van der Waals surface area contributed by atoms with E-state index in [0.29, 0.717) is 12.3 Å². The molecule has 1 aliphatic rings. The van der Waals surface area contributed by atoms with E-state index in [1.54, 1.807) is 33.9 Å². The van der Waals surface area contributed by atoms with Crippen molar-refractivity contribution < 1.29 is 4.79 Å². The Kier molecular flexibility index (Phi) is 4.56. The van der Waals surface area contributed by atoms with Crippen molar-refractivity contribution in [1.29, 1.82) is 0 Å². The Balaban J connectivity index is 1.48. The number of amides is 1. The van der Waals surface area contributed by atoms with Gasteiger partial charge >= 0.3 is 0 Å². The second-order valence-corrected chi connectivity index (χ2v) is 8.91. The van der Waals surface area contributed by atoms with E-state index in [9.17, 15) is 4.79 Å². The molecule has 0 bridgehead atoms. The lowest BCUT2D eigenvalue weighted by atomic mass is 10.2. The maximum atomic E-state index is 12.4. The van der Waals surface area contributed by atoms with Gasteiger partial charge in [-0.25, -0.2) is 9.97 Å². The average molecular weight is 376 g/mol. The van der Waals surface area contributed by atoms with E-state index >= 15 is 0 Å². The minimum atomic E-state index is 0.132. The number of nitrogens with zero attached hydrogens (tertiary/aromatic N) is 3. The average Bonchev–Trinajstić information content (AvgIpc) is 3.28. The smallest absolute Gasteiger partial charge is 0.233 e. The minimum Gasteiger partial charge on any atom is -0.340 e. The van der Waals surface area contributed by atoms with Gasteiger partial charge in [0, 0.05) is 22.2 Å². The molecule has 7 heteroatoms. The van der Waals surface area contributed by atoms with E-state index in [0.717, 1.165) is 22.7 Å². The molecule has 3 aromatic rings. The van der Waals surface area contributed by atoms with Crippen LogP contribution in [-0.4, -0.2) is 33.6 Å². The number of carbonyl (C=O) groups is 1. The molecule has 0 radical (unpaired) electrons. The Morgan fingerprint density at radius 2 is 2.29 bits per heavy atom. The molecule has 3 heterocycles. The van der Waals surface area contributed by atoms with Crippen LogP contribution in [0.1, 0.15) is 21.7 Å². The first-order valence-corrected chi connectivity index (χ1v) is 10.5. The molecule has 0 unspecified atom stereocenters. The lowest BCUT2D eigenvalue weighted by Crippen LogP contribution is -2.27. The predicted molar refractivity (Wildman–Crippen MR) is 101 cm³/mol. The van der Waals surface area contributed by atoms with Gasteiger partial charge in [0.2, 0.25) is 5.91 Å². The molecule has 124 valence electrons. The highest BCUT2D eigenvalue weighted by Gasteiger charge is 2.22. The molecule has 0 N–H and O–H groups in total. The quantitative estimate of drug-likeness (QED) is 0.500. The molecule has 24 heavy (non-hydrogen) atoms. The number of fused-ring (bicyclic) bond motifs is 3. The van der Waals surface area contributed by atoms with E-state index < -0.39 is 0 Å². The van der Waals surface area contributed by atoms with Crippen LogP contribution < -0.4 is 0 Å². The second-order valence-electron chi connectivity index (χ2n) is 5.83. The summed E-state index contributed by atoms with van der Waals surface area (Å²) in [5.41, 5.74) is 1.41. The number of aromatic nitrogens is 2. The lowest BCUT2D eigenvalue weighted by molar-refractivity contribution is -0.127. The van der Waals surface area contributed by atoms with Crippen molar-refractivity contribution in [2.45, 2.75) is 30.8 Å². The van der Waals surface area contributed by atoms with Gasteiger partial charge in [-0.15, -0.1) is 22.7 Å². The molecule has 0 spiro atoms. The summed E-state index contributed by atoms with van der Waals surface area (Å²) in [5, 5.41) is 4.18. The number of carbonyl (C=O) groups excluding carboxylic acids is 1. The second kappa shape index (κ2) is 6.82. The third-order valence-electron chi connectivity index (χ3n) is 4.20. The molecule has 0 atom stereocenters. The predicted octanol–water partition coefficient (Wildman–Crippen LogP) is 3.99. The SMILES string of the molecule is CN(Cc1cccs1)C(=O)CSc1ncnc2sc3c(c12)CCC3. The number of hydrogen-bond acceptors (Lipinski definition) is 6. The fraction of sp³-hybridized carbons (Fsp3) is 0.353. The van der Waals surface area contributed by atoms with Crippen molar-refractivity contribution in [3.05, 3.63) is 39.2 Å². The summed E-state index contributed by atoms with van der Waals surface area (Å²) in [4.78, 5) is 26.8. The van der Waals surface area contributed by atoms with E-state index in [1.165, 1.54) is 38.9 Å². The fourth-order valence-corrected chi connectivity index (χ4v) is 5.99. The Labute approximate surface area is 152 Å². The van der Waals surface area contributed by atoms with E-state index in [2.05, 4.69) is 16.0 Å². The van der Waals surface area contributed by atoms with Crippen molar-refractivity contribution in [3.63, 3.8) is 0 Å². The molecule has 0 saturated carbocycles. The molecule has 4 nitrogen and oxygen atoms in total. The zero-order valence-electron chi connectivity index (χ0n) is 13.3. The summed E-state index contributed by atoms with van der Waals surface area (Å²) in [6, 6.07) is 4.08. The molecule has 0 saturated heterocycles. The van der Waals surface area contributed by atoms with Crippen LogP contribution in [-0.2, 0) is 24.2 Å². The van der Waals surface area contributed by atoms with Crippen molar-refractivity contribution >= 4 is 50.6 Å². The number of hydrogen-bond donors (Lipinski definition) is 0. The molecule has 0 aliphatic heterocycles. The van der Waals surface area contributed by atoms with Crippen LogP contribution in [0, 0.1) is 0 Å². The summed E-state index contributed by atoms with van der Waals surface area (Å²) in [6.07, 6.45) is 5.11. The van der Waals surface area contributed by atoms with Gasteiger partial charge in [0.15, 0.2) is 0 Å². The van der Waals surface area contributed by atoms with E-state index in [1.807, 2.05) is 18.5 Å². The molecule has 4 rings (SSSR count). The maximum Gasteiger partial charge on any atom is 0.233 e. The van der Waals surface area contributed by atoms with Gasteiger partial charge in [-0.3, -0.25) is 4.79 Å². The van der Waals surface area contributed by atoms with Gasteiger partial charge in [0.25, 0.3) is 0 Å². The molecule has 0 fully saturated rings. The third-order valence-corrected chi connectivity index (χ3v) is 7.23. The van der Waals surface area contributed by atoms with E-state index in [4.69, 9.17) is 0 Å². The first-order valence-electron chi connectivity index (χ1n) is 7.87. The summed E-state index contributed by atoms with van der Waals surface area (Å²) in [6.45, 7) is 0.671. The molecular weight excluding hydrogens is 358 g/mol. The highest BCUT2D eigenvalue weighted by molar-refractivity contribution is 8.00. The van der Waals surface area contributed by atoms with Crippen molar-refractivity contribution in [2.24, 2.45) is 0 Å². The van der Waals surface area contributed by atoms with Crippen LogP contribution in [0.5, 0.6) is 0 Å². The Hall–Kier alpha value is -1.44. The number of thioether (sulfide) groups is 1. The maximum absolute atomic E-state index is 12.4. The van der Waals surface area contributed by atoms with Crippen LogP contribution in [0.4, 0.5) is 0 Å². The highest BCUT2D eigenvalue weighted by Crippen LogP contribution is 2.40. The lowest BCUT2D eigenvalue weighted by Gasteiger charge is -2.15. The van der Waals surface area contributed by atoms with Crippen LogP contribution in [0.15, 0.2) is 28.9 Å². The number of rotatable bonds is 5. The van der Waals surface area contributed by atoms with Crippen LogP contribution in [0.2, 0.25) is 0 Å². The normalized spacial score (nSPS) is 13.4. The first kappa shape index (κ1) is 16.1. The molecule has 1 aliphatic carbocycles. The zero-order chi connectivity index (χ0) is 16.5. The Morgan fingerprint density at radius 3 is 3.12 bits per heavy atom. The minimum absolute atomic E-state index is 0.132. The van der Waals surface area contributed by atoms with Crippen LogP contribution >= 0.6 is 34.4 Å². The third kappa shape index (κ3) is 3.08. The number of aryl methyl sites for hydroxylation is 2. The van der Waals surface area contributed by atoms with E-state index in [-0.39, 0.29) is 5.91 Å². The summed E-state index contributed by atoms with van der Waals surface area (Å²) in [7, 11) is 1.86. The monoisotopic (exact) mass is 375 g/mol. The van der Waals surface area contributed by atoms with Gasteiger partial charge < -0.3 is 4.90 Å². The van der Waals surface area contributed by atoms with Crippen LogP contribution in [0.3, 0.4) is 0 Å². The molecular formula is C17H17N3OS3. The van der Waals surface area contributed by atoms with Gasteiger partial charge in [-0.05, 0) is 36.3 Å². The van der Waals surface area contributed by atoms with Gasteiger partial charge in [-0.1, -0.05) is 17.8 Å². The van der Waals surface area contributed by atoms with Crippen molar-refractivity contribution in [3.8, 4) is 0 Å². The Morgan fingerprint density at radius 1 is 1.38 bits per heavy atom. The summed E-state index contributed by atoms with van der Waals surface area (Å²) >= 11 is 5.00. The topological polar surface area (TPSA) is 46.1 Å². The highest BCUT2D eigenvalue weighted by atomic mass is 32.2. The molecule has 1 amide bonds. The largest absolute Gasteiger partial charge is 0.340 e. The van der Waals surface area contributed by atoms with Gasteiger partial charge in [0.1, 0.15) is 16.2 Å².